The Balaban J connectivity index is 0.702. The highest BCUT2D eigenvalue weighted by molar-refractivity contribution is 7.90. The number of nitro benzene ring substituents is 1. The molecule has 3 aromatic heterocycles. The fourth-order valence-electron chi connectivity index (χ4n) is 15.2. The average Bonchev–Trinajstić information content (AvgIpc) is 2.85. The van der Waals surface area contributed by atoms with E-state index in [9.17, 15) is 18.5 Å². The second-order valence-corrected chi connectivity index (χ2v) is 27.5. The lowest BCUT2D eigenvalue weighted by Gasteiger charge is -2.58. The van der Waals surface area contributed by atoms with Crippen molar-refractivity contribution in [3.8, 4) is 17.4 Å². The molecule has 7 aliphatic heterocycles. The summed E-state index contributed by atoms with van der Waals surface area (Å²) < 4.78 is 61.6. The first-order valence-corrected chi connectivity index (χ1v) is 33.2. The summed E-state index contributed by atoms with van der Waals surface area (Å²) in [7, 11) is -3.00. The van der Waals surface area contributed by atoms with Gasteiger partial charge in [-0.3, -0.25) is 34.5 Å². The number of hydrogen-bond donors (Lipinski definition) is 3. The van der Waals surface area contributed by atoms with E-state index in [4.69, 9.17) is 33.7 Å². The molecule has 5 saturated heterocycles. The Hall–Kier alpha value is -7.32. The highest BCUT2D eigenvalue weighted by Crippen LogP contribution is 2.54. The van der Waals surface area contributed by atoms with Crippen LogP contribution in [0.5, 0.6) is 17.4 Å². The number of aromatic nitrogens is 3. The van der Waals surface area contributed by atoms with Gasteiger partial charge in [0.1, 0.15) is 24.0 Å². The lowest BCUT2D eigenvalue weighted by Crippen LogP contribution is -2.59. The van der Waals surface area contributed by atoms with Crippen molar-refractivity contribution in [2.45, 2.75) is 101 Å². The minimum absolute atomic E-state index is 0.0280. The quantitative estimate of drug-likeness (QED) is 0.0675. The van der Waals surface area contributed by atoms with Crippen LogP contribution in [0.4, 0.5) is 34.3 Å². The topological polar surface area (TPSA) is 229 Å². The van der Waals surface area contributed by atoms with Crippen molar-refractivity contribution in [3.05, 3.63) is 118 Å². The second kappa shape index (κ2) is 24.5. The van der Waals surface area contributed by atoms with Crippen LogP contribution in [0.2, 0.25) is 0 Å². The standard InChI is InChI=1S/C65H81N13O10S/c1-42(2)73-21-18-71(19-22-73)38-46-40-87-57-33-49(32-54(78(80)81)60(57)68-46)89(82,83)70-63(79)51-10-9-47(31-53(51)77-52-12-26-86-41-59(52)88-64-55(77)30-45-11-15-66-61(45)69-64)74-16-13-65(14-17-74)34-48(35-65)76-23-20-72(39-56(76)50-8-6-5-7-43(50)3)37-44-29-58(84-4)62(67-36-44)75-24-27-85-28-25-75/h5-11,15,29-33,36,42,46,48,52,56,59,68H,12-14,16-28,34-35,37-41H2,1-4H3,(H,66,69)(H,70,79)/t46-,52+,56+,59+/m1/s1. The summed E-state index contributed by atoms with van der Waals surface area (Å²) in [6, 6.07) is 23.4. The van der Waals surface area contributed by atoms with Gasteiger partial charge in [0.25, 0.3) is 21.6 Å². The Morgan fingerprint density at radius 3 is 2.46 bits per heavy atom. The van der Waals surface area contributed by atoms with Crippen LogP contribution >= 0.6 is 0 Å². The van der Waals surface area contributed by atoms with Gasteiger partial charge in [-0.05, 0) is 111 Å². The Bertz CT molecular complexity index is 3730. The fraction of sp³-hybridized carbons (Fsp3) is 0.523. The van der Waals surface area contributed by atoms with Crippen molar-refractivity contribution in [2.75, 3.05) is 139 Å². The predicted molar refractivity (Wildman–Crippen MR) is 339 cm³/mol. The number of rotatable bonds is 15. The number of sulfonamides is 1. The number of nitrogens with one attached hydrogen (secondary N) is 3. The SMILES string of the molecule is COc1cc(CN2CCN(C3CC4(CCN(c5ccc(C(=O)NS(=O)(=O)c6cc7c(c([N+](=O)[O-])c6)N[C@H](CN6CCN(C(C)C)CC6)CO7)c(N6c7cc8cc[nH]c8nc7O[C@H]7COCC[C@@H]76)c5)CC4)C3)[C@H](c3ccccc3C)C2)cnc1N1CCOCC1. The van der Waals surface area contributed by atoms with E-state index in [0.717, 1.165) is 138 Å². The molecule has 1 amide bonds. The third-order valence-corrected chi connectivity index (χ3v) is 21.5. The maximum atomic E-state index is 15.0. The van der Waals surface area contributed by atoms with Crippen LogP contribution in [0, 0.1) is 22.5 Å². The van der Waals surface area contributed by atoms with Crippen molar-refractivity contribution in [3.63, 3.8) is 0 Å². The molecule has 24 heteroatoms. The van der Waals surface area contributed by atoms with Crippen LogP contribution in [0.15, 0.2) is 90.1 Å². The number of H-pyrrole nitrogens is 1. The van der Waals surface area contributed by atoms with Gasteiger partial charge in [-0.1, -0.05) is 24.3 Å². The van der Waals surface area contributed by atoms with E-state index in [2.05, 4.69) is 100 Å². The number of fused-ring (bicyclic) bond motifs is 4. The van der Waals surface area contributed by atoms with Crippen LogP contribution in [0.25, 0.3) is 11.0 Å². The molecule has 1 spiro atoms. The number of carbonyl (C=O) groups excluding carboxylic acids is 1. The Morgan fingerprint density at radius 1 is 0.888 bits per heavy atom. The normalized spacial score (nSPS) is 23.6. The van der Waals surface area contributed by atoms with Crippen LogP contribution in [0.1, 0.15) is 79.0 Å². The monoisotopic (exact) mass is 1240 g/mol. The molecule has 6 fully saturated rings. The minimum Gasteiger partial charge on any atom is -0.493 e. The van der Waals surface area contributed by atoms with Crippen molar-refractivity contribution < 1.29 is 41.8 Å². The Kier molecular flexibility index (Phi) is 16.3. The maximum absolute atomic E-state index is 15.0. The number of piperidine rings is 1. The number of amides is 1. The van der Waals surface area contributed by atoms with E-state index in [1.807, 2.05) is 36.7 Å². The zero-order valence-corrected chi connectivity index (χ0v) is 52.1. The van der Waals surface area contributed by atoms with Gasteiger partial charge in [-0.25, -0.2) is 18.1 Å². The molecular formula is C65H81N13O10S. The van der Waals surface area contributed by atoms with Crippen LogP contribution in [-0.2, 0) is 26.0 Å². The summed E-state index contributed by atoms with van der Waals surface area (Å²) in [5, 5.41) is 16.9. The number of pyridine rings is 2. The van der Waals surface area contributed by atoms with Crippen LogP contribution < -0.4 is 38.9 Å². The number of ether oxygens (including phenoxy) is 5. The van der Waals surface area contributed by atoms with E-state index in [1.165, 1.54) is 17.2 Å². The van der Waals surface area contributed by atoms with Gasteiger partial charge in [0.05, 0.1) is 60.1 Å². The number of aromatic amines is 1. The number of methoxy groups -OCH3 is 1. The molecular weight excluding hydrogens is 1150 g/mol. The summed E-state index contributed by atoms with van der Waals surface area (Å²) in [5.74, 6) is 1.17. The van der Waals surface area contributed by atoms with E-state index >= 15 is 4.79 Å². The summed E-state index contributed by atoms with van der Waals surface area (Å²) in [6.45, 7) is 19.8. The number of carbonyl (C=O) groups is 1. The molecule has 0 bridgehead atoms. The van der Waals surface area contributed by atoms with Crippen molar-refractivity contribution in [2.24, 2.45) is 5.41 Å². The number of piperazine rings is 2. The number of nitrogens with zero attached hydrogens (tertiary/aromatic N) is 10. The van der Waals surface area contributed by atoms with Gasteiger partial charge in [0.2, 0.25) is 5.88 Å². The number of nitro groups is 1. The predicted octanol–water partition coefficient (Wildman–Crippen LogP) is 7.33. The molecule has 472 valence electrons. The lowest BCUT2D eigenvalue weighted by molar-refractivity contribution is -0.384. The van der Waals surface area contributed by atoms with Crippen LogP contribution in [-0.4, -0.2) is 203 Å². The van der Waals surface area contributed by atoms with E-state index < -0.39 is 37.5 Å². The molecule has 14 rings (SSSR count). The van der Waals surface area contributed by atoms with Gasteiger partial charge in [0, 0.05) is 145 Å². The van der Waals surface area contributed by atoms with Gasteiger partial charge < -0.3 is 48.7 Å². The van der Waals surface area contributed by atoms with E-state index in [-0.39, 0.29) is 47.1 Å². The molecule has 1 saturated carbocycles. The summed E-state index contributed by atoms with van der Waals surface area (Å²) in [5.41, 5.74) is 6.44. The largest absolute Gasteiger partial charge is 0.493 e. The molecule has 10 heterocycles. The van der Waals surface area contributed by atoms with Crippen molar-refractivity contribution in [1.29, 1.82) is 0 Å². The Morgan fingerprint density at radius 2 is 1.69 bits per heavy atom. The first-order valence-electron chi connectivity index (χ1n) is 31.7. The minimum atomic E-state index is -4.73. The zero-order valence-electron chi connectivity index (χ0n) is 51.3. The average molecular weight is 1240 g/mol. The number of anilines is 5. The molecule has 4 atom stereocenters. The summed E-state index contributed by atoms with van der Waals surface area (Å²) in [6.07, 6.45) is 8.19. The molecule has 23 nitrogen and oxygen atoms in total. The summed E-state index contributed by atoms with van der Waals surface area (Å²) in [4.78, 5) is 56.5. The molecule has 3 aromatic carbocycles. The maximum Gasteiger partial charge on any atom is 0.297 e. The van der Waals surface area contributed by atoms with E-state index in [1.54, 1.807) is 13.2 Å². The smallest absolute Gasteiger partial charge is 0.297 e. The fourth-order valence-corrected chi connectivity index (χ4v) is 16.2. The second-order valence-electron chi connectivity index (χ2n) is 25.8. The first-order chi connectivity index (χ1) is 43.2. The lowest BCUT2D eigenvalue weighted by atomic mass is 9.59. The molecule has 0 radical (unpaired) electrons. The third kappa shape index (κ3) is 11.8. The summed E-state index contributed by atoms with van der Waals surface area (Å²) >= 11 is 0. The highest BCUT2D eigenvalue weighted by atomic mass is 32.2. The number of aryl methyl sites for hydroxylation is 1. The number of hydrogen-bond acceptors (Lipinski definition) is 20. The zero-order chi connectivity index (χ0) is 61.1. The molecule has 1 aliphatic carbocycles. The van der Waals surface area contributed by atoms with Gasteiger partial charge in [-0.15, -0.1) is 0 Å². The Labute approximate surface area is 519 Å². The third-order valence-electron chi connectivity index (χ3n) is 20.2. The number of morpholine rings is 1. The highest BCUT2D eigenvalue weighted by Gasteiger charge is 2.50. The molecule has 8 aliphatic rings. The van der Waals surface area contributed by atoms with Crippen LogP contribution in [0.3, 0.4) is 0 Å². The van der Waals surface area contributed by atoms with Crippen molar-refractivity contribution >= 4 is 61.2 Å². The first kappa shape index (κ1) is 59.3. The number of benzene rings is 3. The van der Waals surface area contributed by atoms with E-state index in [0.29, 0.717) is 74.4 Å². The molecule has 6 aromatic rings. The van der Waals surface area contributed by atoms with Gasteiger partial charge in [-0.2, -0.15) is 4.98 Å². The van der Waals surface area contributed by atoms with Gasteiger partial charge >= 0.3 is 0 Å². The molecule has 0 unspecified atom stereocenters. The molecule has 3 N–H and O–H groups in total. The molecule has 89 heavy (non-hydrogen) atoms. The van der Waals surface area contributed by atoms with Gasteiger partial charge in [0.15, 0.2) is 23.0 Å². The van der Waals surface area contributed by atoms with Crippen molar-refractivity contribution in [1.82, 2.24) is 39.3 Å².